The van der Waals surface area contributed by atoms with Gasteiger partial charge in [-0.2, -0.15) is 0 Å². The molecule has 0 amide bonds. The van der Waals surface area contributed by atoms with E-state index in [1.807, 2.05) is 20.9 Å². The highest BCUT2D eigenvalue weighted by atomic mass is 16.4. The Hall–Kier alpha value is -1.49. The monoisotopic (exact) mass is 212 g/mol. The lowest BCUT2D eigenvalue weighted by molar-refractivity contribution is -0.675. The summed E-state index contributed by atoms with van der Waals surface area (Å²) >= 11 is 0. The molecule has 0 radical (unpaired) electrons. The van der Waals surface area contributed by atoms with Crippen LogP contribution in [-0.2, 0) is 18.3 Å². The Morgan fingerprint density at radius 3 is 2.73 bits per heavy atom. The molecule has 1 aromatic rings. The second kappa shape index (κ2) is 6.89. The number of carboxylic acid groups (broad SMARTS) is 1. The Morgan fingerprint density at radius 1 is 1.67 bits per heavy atom. The first kappa shape index (κ1) is 13.5. The fourth-order valence-electron chi connectivity index (χ4n) is 1.01. The normalized spacial score (nSPS) is 11.2. The topological polar surface area (TPSA) is 80.1 Å². The molecule has 15 heavy (non-hydrogen) atoms. The van der Waals surface area contributed by atoms with Crippen LogP contribution in [0.1, 0.15) is 19.4 Å². The van der Waals surface area contributed by atoms with E-state index in [2.05, 4.69) is 4.98 Å². The van der Waals surface area contributed by atoms with Gasteiger partial charge in [0.05, 0.1) is 13.2 Å². The van der Waals surface area contributed by atoms with Crippen molar-refractivity contribution < 1.29 is 14.5 Å². The minimum Gasteiger partial charge on any atom is -0.480 e. The van der Waals surface area contributed by atoms with Crippen LogP contribution in [0.2, 0.25) is 0 Å². The third kappa shape index (κ3) is 5.07. The molecule has 0 saturated heterocycles. The molecule has 0 aliphatic heterocycles. The van der Waals surface area contributed by atoms with Crippen molar-refractivity contribution in [3.63, 3.8) is 0 Å². The molecule has 1 unspecified atom stereocenters. The number of hydrogen-bond acceptors (Lipinski definition) is 3. The van der Waals surface area contributed by atoms with Crippen molar-refractivity contribution in [3.05, 3.63) is 24.3 Å². The van der Waals surface area contributed by atoms with Gasteiger partial charge in [0.2, 0.25) is 0 Å². The predicted molar refractivity (Wildman–Crippen MR) is 56.1 cm³/mol. The van der Waals surface area contributed by atoms with E-state index in [9.17, 15) is 4.79 Å². The molecular formula is C10H18N3O2+. The Kier molecular flexibility index (Phi) is 6.21. The maximum Gasteiger partial charge on any atom is 0.320 e. The Balaban J connectivity index is 0.000000921. The van der Waals surface area contributed by atoms with Gasteiger partial charge in [-0.3, -0.25) is 4.79 Å². The molecule has 0 bridgehead atoms. The highest BCUT2D eigenvalue weighted by molar-refractivity contribution is 5.73. The minimum absolute atomic E-state index is 0.303. The largest absolute Gasteiger partial charge is 0.480 e. The lowest BCUT2D eigenvalue weighted by Gasteiger charge is -2.03. The van der Waals surface area contributed by atoms with E-state index >= 15 is 0 Å². The average molecular weight is 212 g/mol. The number of aryl methyl sites for hydroxylation is 1. The quantitative estimate of drug-likeness (QED) is 0.685. The number of hydrogen-bond donors (Lipinski definition) is 2. The summed E-state index contributed by atoms with van der Waals surface area (Å²) in [5.41, 5.74) is 6.18. The number of nitrogens with two attached hydrogens (primary N) is 1. The van der Waals surface area contributed by atoms with Gasteiger partial charge in [0.25, 0.3) is 6.33 Å². The van der Waals surface area contributed by atoms with Gasteiger partial charge in [0.1, 0.15) is 12.2 Å². The highest BCUT2D eigenvalue weighted by Crippen LogP contribution is 1.96. The van der Waals surface area contributed by atoms with Crippen LogP contribution in [-0.4, -0.2) is 22.1 Å². The predicted octanol–water partition coefficient (Wildman–Crippen LogP) is -0.113. The molecule has 0 aliphatic rings. The summed E-state index contributed by atoms with van der Waals surface area (Å²) in [5, 5.41) is 8.56. The van der Waals surface area contributed by atoms with Crippen LogP contribution in [0.3, 0.4) is 0 Å². The Morgan fingerprint density at radius 2 is 2.27 bits per heavy atom. The van der Waals surface area contributed by atoms with Gasteiger partial charge < -0.3 is 10.8 Å². The number of rotatable bonds is 3. The molecule has 5 heteroatoms. The lowest BCUT2D eigenvalue weighted by atomic mass is 10.1. The summed E-state index contributed by atoms with van der Waals surface area (Å²) < 4.78 is 1.75. The number of carboxylic acids is 1. The van der Waals surface area contributed by atoms with Gasteiger partial charge >= 0.3 is 5.97 Å². The summed E-state index contributed by atoms with van der Waals surface area (Å²) in [6.07, 6.45) is 5.35. The van der Waals surface area contributed by atoms with E-state index in [4.69, 9.17) is 10.8 Å². The first-order valence-electron chi connectivity index (χ1n) is 4.87. The van der Waals surface area contributed by atoms with Gasteiger partial charge in [-0.1, -0.05) is 18.8 Å². The maximum absolute atomic E-state index is 10.4. The smallest absolute Gasteiger partial charge is 0.320 e. The van der Waals surface area contributed by atoms with Crippen molar-refractivity contribution in [2.75, 3.05) is 0 Å². The highest BCUT2D eigenvalue weighted by Gasteiger charge is 2.13. The fraction of sp³-hybridized carbons (Fsp3) is 0.500. The Bertz CT molecular complexity index is 315. The van der Waals surface area contributed by atoms with Crippen molar-refractivity contribution in [3.8, 4) is 0 Å². The molecule has 0 aromatic carbocycles. The van der Waals surface area contributed by atoms with Gasteiger partial charge in [0, 0.05) is 12.0 Å². The molecule has 0 fully saturated rings. The zero-order chi connectivity index (χ0) is 11.8. The lowest BCUT2D eigenvalue weighted by Crippen LogP contribution is -2.34. The number of nitrogens with zero attached hydrogens (tertiary/aromatic N) is 2. The zero-order valence-corrected chi connectivity index (χ0v) is 9.34. The molecule has 1 atom stereocenters. The first-order chi connectivity index (χ1) is 7.09. The number of aliphatic carboxylic acids is 1. The van der Waals surface area contributed by atoms with Crippen LogP contribution in [0, 0.1) is 0 Å². The van der Waals surface area contributed by atoms with Crippen LogP contribution in [0.5, 0.6) is 0 Å². The van der Waals surface area contributed by atoms with Crippen LogP contribution >= 0.6 is 0 Å². The van der Waals surface area contributed by atoms with E-state index in [1.165, 1.54) is 0 Å². The molecule has 84 valence electrons. The molecule has 1 heterocycles. The number of aromatic nitrogens is 2. The summed E-state index contributed by atoms with van der Waals surface area (Å²) in [6.45, 7) is 4.00. The van der Waals surface area contributed by atoms with Crippen molar-refractivity contribution in [2.45, 2.75) is 26.3 Å². The SMILES string of the molecule is CC.C[n+]1cncc(CC(N)C(=O)O)c1. The van der Waals surface area contributed by atoms with Gasteiger partial charge in [-0.15, -0.1) is 0 Å². The van der Waals surface area contributed by atoms with E-state index in [0.717, 1.165) is 5.56 Å². The Labute approximate surface area is 89.6 Å². The molecule has 0 saturated carbocycles. The fourth-order valence-corrected chi connectivity index (χ4v) is 1.01. The average Bonchev–Trinajstić information content (AvgIpc) is 2.20. The summed E-state index contributed by atoms with van der Waals surface area (Å²) in [6, 6.07) is -0.857. The third-order valence-electron chi connectivity index (χ3n) is 1.63. The minimum atomic E-state index is -0.994. The van der Waals surface area contributed by atoms with Crippen LogP contribution in [0.4, 0.5) is 0 Å². The maximum atomic E-state index is 10.4. The van der Waals surface area contributed by atoms with Gasteiger partial charge in [-0.05, 0) is 0 Å². The summed E-state index contributed by atoms with van der Waals surface area (Å²) in [7, 11) is 1.82. The first-order valence-corrected chi connectivity index (χ1v) is 4.87. The van der Waals surface area contributed by atoms with Crippen molar-refractivity contribution in [2.24, 2.45) is 12.8 Å². The van der Waals surface area contributed by atoms with E-state index in [-0.39, 0.29) is 0 Å². The van der Waals surface area contributed by atoms with Crippen molar-refractivity contribution >= 4 is 5.97 Å². The zero-order valence-electron chi connectivity index (χ0n) is 9.34. The molecular weight excluding hydrogens is 194 g/mol. The van der Waals surface area contributed by atoms with Gasteiger partial charge in [-0.25, -0.2) is 4.57 Å². The van der Waals surface area contributed by atoms with E-state index in [1.54, 1.807) is 23.3 Å². The number of carbonyl (C=O) groups is 1. The van der Waals surface area contributed by atoms with E-state index < -0.39 is 12.0 Å². The molecule has 1 rings (SSSR count). The molecule has 0 aliphatic carbocycles. The van der Waals surface area contributed by atoms with E-state index in [0.29, 0.717) is 6.42 Å². The summed E-state index contributed by atoms with van der Waals surface area (Å²) in [5.74, 6) is -0.994. The molecule has 5 nitrogen and oxygen atoms in total. The standard InChI is InChI=1S/C8H11N3O2.C2H6/c1-11-4-6(3-10-5-11)2-7(9)8(12)13;1-2/h3-5,7H,2,9H2,1H3;1-2H3/p+1. The second-order valence-electron chi connectivity index (χ2n) is 2.91. The molecule has 3 N–H and O–H groups in total. The van der Waals surface area contributed by atoms with Crippen LogP contribution in [0.25, 0.3) is 0 Å². The van der Waals surface area contributed by atoms with Crippen molar-refractivity contribution in [1.29, 1.82) is 0 Å². The van der Waals surface area contributed by atoms with Gasteiger partial charge in [0.15, 0.2) is 0 Å². The van der Waals surface area contributed by atoms with Crippen LogP contribution in [0.15, 0.2) is 18.7 Å². The summed E-state index contributed by atoms with van der Waals surface area (Å²) in [4.78, 5) is 14.3. The third-order valence-corrected chi connectivity index (χ3v) is 1.63. The van der Waals surface area contributed by atoms with Crippen LogP contribution < -0.4 is 10.3 Å². The molecule has 1 aromatic heterocycles. The second-order valence-corrected chi connectivity index (χ2v) is 2.91. The molecule has 0 spiro atoms. The van der Waals surface area contributed by atoms with Crippen molar-refractivity contribution in [1.82, 2.24) is 4.98 Å².